The van der Waals surface area contributed by atoms with Crippen LogP contribution >= 0.6 is 23.2 Å². The van der Waals surface area contributed by atoms with E-state index in [0.717, 1.165) is 0 Å². The van der Waals surface area contributed by atoms with Gasteiger partial charge in [0.25, 0.3) is 5.91 Å². The van der Waals surface area contributed by atoms with Crippen molar-refractivity contribution in [1.82, 2.24) is 4.90 Å². The van der Waals surface area contributed by atoms with Crippen LogP contribution in [0.3, 0.4) is 0 Å². The number of halogens is 2. The maximum atomic E-state index is 12.2. The molecule has 1 unspecified atom stereocenters. The van der Waals surface area contributed by atoms with Crippen LogP contribution in [-0.2, 0) is 4.79 Å². The summed E-state index contributed by atoms with van der Waals surface area (Å²) in [6.45, 7) is -0.0658. The number of hydrogen-bond acceptors (Lipinski definition) is 4. The first kappa shape index (κ1) is 19.4. The molecule has 1 amide bonds. The molecule has 0 aromatic heterocycles. The van der Waals surface area contributed by atoms with Crippen molar-refractivity contribution in [2.75, 3.05) is 27.3 Å². The Morgan fingerprint density at radius 2 is 1.88 bits per heavy atom. The number of aliphatic hydroxyl groups excluding tert-OH is 1. The molecule has 2 aromatic carbocycles. The van der Waals surface area contributed by atoms with Crippen LogP contribution in [0.2, 0.25) is 10.0 Å². The minimum absolute atomic E-state index is 0.137. The van der Waals surface area contributed by atoms with Gasteiger partial charge in [-0.2, -0.15) is 0 Å². The molecule has 0 aliphatic carbocycles. The topological polar surface area (TPSA) is 59.0 Å². The van der Waals surface area contributed by atoms with Crippen molar-refractivity contribution in [2.45, 2.75) is 6.10 Å². The lowest BCUT2D eigenvalue weighted by atomic mass is 10.1. The van der Waals surface area contributed by atoms with E-state index in [4.69, 9.17) is 32.7 Å². The van der Waals surface area contributed by atoms with Gasteiger partial charge in [-0.1, -0.05) is 35.3 Å². The fourth-order valence-corrected chi connectivity index (χ4v) is 2.46. The summed E-state index contributed by atoms with van der Waals surface area (Å²) in [6, 6.07) is 11.8. The predicted molar refractivity (Wildman–Crippen MR) is 97.5 cm³/mol. The van der Waals surface area contributed by atoms with Gasteiger partial charge >= 0.3 is 0 Å². The van der Waals surface area contributed by atoms with Crippen LogP contribution in [0.5, 0.6) is 11.5 Å². The van der Waals surface area contributed by atoms with Crippen molar-refractivity contribution in [3.63, 3.8) is 0 Å². The quantitative estimate of drug-likeness (QED) is 0.793. The van der Waals surface area contributed by atoms with E-state index in [1.165, 1.54) is 4.90 Å². The summed E-state index contributed by atoms with van der Waals surface area (Å²) in [5.74, 6) is 0.752. The highest BCUT2D eigenvalue weighted by Gasteiger charge is 2.16. The molecule has 0 bridgehead atoms. The molecule has 0 heterocycles. The highest BCUT2D eigenvalue weighted by molar-refractivity contribution is 6.34. The Kier molecular flexibility index (Phi) is 6.93. The largest absolute Gasteiger partial charge is 0.497 e. The van der Waals surface area contributed by atoms with Gasteiger partial charge in [0.1, 0.15) is 11.5 Å². The third-order valence-electron chi connectivity index (χ3n) is 3.62. The maximum Gasteiger partial charge on any atom is 0.260 e. The van der Waals surface area contributed by atoms with Crippen LogP contribution in [0.15, 0.2) is 42.5 Å². The third-order valence-corrected chi connectivity index (χ3v) is 4.16. The van der Waals surface area contributed by atoms with Gasteiger partial charge in [-0.15, -0.1) is 0 Å². The van der Waals surface area contributed by atoms with Crippen molar-refractivity contribution >= 4 is 29.1 Å². The molecule has 7 heteroatoms. The Labute approximate surface area is 156 Å². The molecule has 134 valence electrons. The molecule has 0 aliphatic heterocycles. The van der Waals surface area contributed by atoms with E-state index < -0.39 is 6.10 Å². The van der Waals surface area contributed by atoms with Gasteiger partial charge in [0.2, 0.25) is 0 Å². The van der Waals surface area contributed by atoms with Gasteiger partial charge in [-0.25, -0.2) is 0 Å². The van der Waals surface area contributed by atoms with E-state index >= 15 is 0 Å². The second kappa shape index (κ2) is 8.94. The second-order valence-electron chi connectivity index (χ2n) is 5.43. The summed E-state index contributed by atoms with van der Waals surface area (Å²) in [5.41, 5.74) is 0.694. The van der Waals surface area contributed by atoms with E-state index in [9.17, 15) is 9.90 Å². The number of carbonyl (C=O) groups is 1. The summed E-state index contributed by atoms with van der Waals surface area (Å²) in [6.07, 6.45) is -0.811. The summed E-state index contributed by atoms with van der Waals surface area (Å²) in [5, 5.41) is 11.1. The van der Waals surface area contributed by atoms with E-state index in [0.29, 0.717) is 27.1 Å². The first-order valence-electron chi connectivity index (χ1n) is 7.54. The molecule has 1 N–H and O–H groups in total. The molecule has 25 heavy (non-hydrogen) atoms. The van der Waals surface area contributed by atoms with Crippen LogP contribution < -0.4 is 9.47 Å². The maximum absolute atomic E-state index is 12.2. The zero-order chi connectivity index (χ0) is 18.4. The number of nitrogens with zero attached hydrogens (tertiary/aromatic N) is 1. The zero-order valence-corrected chi connectivity index (χ0v) is 15.4. The first-order valence-corrected chi connectivity index (χ1v) is 8.30. The summed E-state index contributed by atoms with van der Waals surface area (Å²) in [7, 11) is 3.17. The van der Waals surface area contributed by atoms with Crippen LogP contribution in [-0.4, -0.2) is 43.2 Å². The van der Waals surface area contributed by atoms with E-state index in [1.807, 2.05) is 0 Å². The van der Waals surface area contributed by atoms with Crippen LogP contribution in [0, 0.1) is 0 Å². The fourth-order valence-electron chi connectivity index (χ4n) is 2.13. The number of amides is 1. The SMILES string of the molecule is COc1ccc(C(O)CN(C)C(=O)COc2cc(Cl)ccc2Cl)cc1. The number of benzene rings is 2. The Bertz CT molecular complexity index is 722. The second-order valence-corrected chi connectivity index (χ2v) is 6.27. The van der Waals surface area contributed by atoms with Crippen molar-refractivity contribution < 1.29 is 19.4 Å². The van der Waals surface area contributed by atoms with Gasteiger partial charge in [0.05, 0.1) is 24.8 Å². The van der Waals surface area contributed by atoms with Crippen molar-refractivity contribution in [3.05, 3.63) is 58.1 Å². The van der Waals surface area contributed by atoms with Gasteiger partial charge in [-0.3, -0.25) is 4.79 Å². The van der Waals surface area contributed by atoms with Gasteiger partial charge in [-0.05, 0) is 29.8 Å². The van der Waals surface area contributed by atoms with E-state index in [2.05, 4.69) is 0 Å². The van der Waals surface area contributed by atoms with Crippen LogP contribution in [0.1, 0.15) is 11.7 Å². The Morgan fingerprint density at radius 1 is 1.20 bits per heavy atom. The van der Waals surface area contributed by atoms with Gasteiger partial charge < -0.3 is 19.5 Å². The lowest BCUT2D eigenvalue weighted by molar-refractivity contribution is -0.133. The number of ether oxygens (including phenoxy) is 2. The molecule has 1 atom stereocenters. The van der Waals surface area contributed by atoms with Crippen molar-refractivity contribution in [2.24, 2.45) is 0 Å². The summed E-state index contributed by atoms with van der Waals surface area (Å²) in [4.78, 5) is 13.6. The number of carbonyl (C=O) groups excluding carboxylic acids is 1. The minimum Gasteiger partial charge on any atom is -0.497 e. The molecule has 0 radical (unpaired) electrons. The zero-order valence-electron chi connectivity index (χ0n) is 13.9. The molecule has 0 saturated carbocycles. The smallest absolute Gasteiger partial charge is 0.260 e. The standard InChI is InChI=1S/C18H19Cl2NO4/c1-21(10-16(22)12-3-6-14(24-2)7-4-12)18(23)11-25-17-9-13(19)5-8-15(17)20/h3-9,16,22H,10-11H2,1-2H3. The molecule has 0 spiro atoms. The predicted octanol–water partition coefficient (Wildman–Crippen LogP) is 3.57. The first-order chi connectivity index (χ1) is 11.9. The summed E-state index contributed by atoms with van der Waals surface area (Å²) < 4.78 is 10.5. The average Bonchev–Trinajstić information content (AvgIpc) is 2.62. The fraction of sp³-hybridized carbons (Fsp3) is 0.278. The number of rotatable bonds is 7. The molecule has 2 rings (SSSR count). The molecule has 2 aromatic rings. The number of hydrogen-bond donors (Lipinski definition) is 1. The monoisotopic (exact) mass is 383 g/mol. The Hall–Kier alpha value is -1.95. The van der Waals surface area contributed by atoms with Gasteiger partial charge in [0.15, 0.2) is 6.61 Å². The Balaban J connectivity index is 1.89. The van der Waals surface area contributed by atoms with Crippen LogP contribution in [0.4, 0.5) is 0 Å². The highest BCUT2D eigenvalue weighted by Crippen LogP contribution is 2.27. The van der Waals surface area contributed by atoms with E-state index in [-0.39, 0.29) is 19.1 Å². The van der Waals surface area contributed by atoms with Gasteiger partial charge in [0, 0.05) is 18.1 Å². The number of likely N-dealkylation sites (N-methyl/N-ethyl adjacent to an activating group) is 1. The molecule has 0 saturated heterocycles. The van der Waals surface area contributed by atoms with E-state index in [1.54, 1.807) is 56.6 Å². The highest BCUT2D eigenvalue weighted by atomic mass is 35.5. The number of methoxy groups -OCH3 is 1. The van der Waals surface area contributed by atoms with Crippen molar-refractivity contribution in [1.29, 1.82) is 0 Å². The molecule has 0 aliphatic rings. The lowest BCUT2D eigenvalue weighted by Crippen LogP contribution is -2.34. The lowest BCUT2D eigenvalue weighted by Gasteiger charge is -2.21. The Morgan fingerprint density at radius 3 is 2.52 bits per heavy atom. The van der Waals surface area contributed by atoms with Crippen molar-refractivity contribution in [3.8, 4) is 11.5 Å². The molecular weight excluding hydrogens is 365 g/mol. The molecular formula is C18H19Cl2NO4. The summed E-state index contributed by atoms with van der Waals surface area (Å²) >= 11 is 11.9. The van der Waals surface area contributed by atoms with Crippen LogP contribution in [0.25, 0.3) is 0 Å². The average molecular weight is 384 g/mol. The normalized spacial score (nSPS) is 11.7. The minimum atomic E-state index is -0.811. The molecule has 0 fully saturated rings. The molecule has 5 nitrogen and oxygen atoms in total. The number of aliphatic hydroxyl groups is 1. The third kappa shape index (κ3) is 5.53.